The Morgan fingerprint density at radius 2 is 0.360 bits per heavy atom. The Morgan fingerprint density at radius 1 is 0.220 bits per heavy atom. The molecule has 5 aliphatic rings. The molecule has 0 fully saturated rings. The molecule has 4 aliphatic heterocycles. The van der Waals surface area contributed by atoms with Gasteiger partial charge in [0, 0.05) is 159 Å². The average Bonchev–Trinajstić information content (AvgIpc) is 0.717. The van der Waals surface area contributed by atoms with Crippen LogP contribution in [0.3, 0.4) is 0 Å². The third kappa shape index (κ3) is 15.3. The molecule has 100 heavy (non-hydrogen) atoms. The molecular formula is C84H100Br4O8Si4. The molecule has 0 saturated heterocycles. The number of hydrogen-bond acceptors (Lipinski definition) is 8. The van der Waals surface area contributed by atoms with Gasteiger partial charge in [0.15, 0.2) is 0 Å². The topological polar surface area (TPSA) is 73.8 Å². The number of benzene rings is 8. The highest BCUT2D eigenvalue weighted by Gasteiger charge is 2.53. The highest BCUT2D eigenvalue weighted by atomic mass is 79.9. The largest absolute Gasteiger partial charge is 0.511 e. The monoisotopic (exact) mass is 1660 g/mol. The number of unbranched alkanes of at least 4 members (excludes halogenated alkanes) is 8. The van der Waals surface area contributed by atoms with Crippen molar-refractivity contribution in [2.75, 3.05) is 0 Å². The van der Waals surface area contributed by atoms with Crippen LogP contribution >= 0.6 is 63.7 Å². The van der Waals surface area contributed by atoms with E-state index in [1.54, 1.807) is 0 Å². The van der Waals surface area contributed by atoms with Gasteiger partial charge in [0.2, 0.25) is 0 Å². The van der Waals surface area contributed by atoms with Gasteiger partial charge in [-0.1, -0.05) is 219 Å². The van der Waals surface area contributed by atoms with Gasteiger partial charge in [-0.15, -0.1) is 0 Å². The lowest BCUT2D eigenvalue weighted by molar-refractivity contribution is 0.341. The lowest BCUT2D eigenvalue weighted by atomic mass is 9.75. The van der Waals surface area contributed by atoms with Gasteiger partial charge in [-0.3, -0.25) is 0 Å². The Morgan fingerprint density at radius 3 is 0.490 bits per heavy atom. The summed E-state index contributed by atoms with van der Waals surface area (Å²) in [6.07, 6.45) is 15.7. The summed E-state index contributed by atoms with van der Waals surface area (Å²) in [5.74, 6) is 5.05. The Balaban J connectivity index is 1.29. The SMILES string of the molecule is CCCC[Si]1(CCCC)Oc2cc3c4cc2C(c2ccc(Br)cc2)c2cc5c(cc2O1)O[Si](CCCC)(CCCC)Oc1cc2c(cc1C5c1ccc(Br)cc1)C(c1ccc(Br)cc1)c1cc(c(cc1O[Si](CCCC)(CCCC)O2)O[Si](CCCC)(CCCC)O3)C4c1ccc(Br)cc1. The van der Waals surface area contributed by atoms with Crippen LogP contribution in [0.4, 0.5) is 0 Å². The van der Waals surface area contributed by atoms with Gasteiger partial charge in [0.05, 0.1) is 0 Å². The Labute approximate surface area is 634 Å². The minimum absolute atomic E-state index is 0.400. The Hall–Kier alpha value is -5.05. The summed E-state index contributed by atoms with van der Waals surface area (Å²) in [6.45, 7) is 18.4. The highest BCUT2D eigenvalue weighted by Crippen LogP contribution is 2.60. The van der Waals surface area contributed by atoms with E-state index >= 15 is 0 Å². The fraction of sp³-hybridized carbons (Fsp3) is 0.429. The van der Waals surface area contributed by atoms with Crippen LogP contribution in [0.2, 0.25) is 48.4 Å². The molecule has 0 spiro atoms. The molecule has 0 aromatic heterocycles. The van der Waals surface area contributed by atoms with Gasteiger partial charge in [-0.05, 0) is 146 Å². The van der Waals surface area contributed by atoms with Crippen molar-refractivity contribution in [2.24, 2.45) is 0 Å². The Bertz CT molecular complexity index is 3460. The van der Waals surface area contributed by atoms with E-state index in [1.807, 2.05) is 0 Å². The molecule has 0 unspecified atom stereocenters. The lowest BCUT2D eigenvalue weighted by Crippen LogP contribution is -2.51. The molecule has 8 bridgehead atoms. The fourth-order valence-electron chi connectivity index (χ4n) is 16.2. The summed E-state index contributed by atoms with van der Waals surface area (Å²) in [5, 5.41) is 0. The van der Waals surface area contributed by atoms with Crippen molar-refractivity contribution in [1.82, 2.24) is 0 Å². The minimum Gasteiger partial charge on any atom is -0.511 e. The molecule has 1 aliphatic carbocycles. The summed E-state index contributed by atoms with van der Waals surface area (Å²) in [5.41, 5.74) is 13.2. The first-order chi connectivity index (χ1) is 48.6. The van der Waals surface area contributed by atoms with E-state index in [-0.39, 0.29) is 0 Å². The van der Waals surface area contributed by atoms with Crippen LogP contribution in [0.15, 0.2) is 163 Å². The molecule has 0 atom stereocenters. The van der Waals surface area contributed by atoms with Crippen molar-refractivity contribution in [3.05, 3.63) is 230 Å². The zero-order valence-corrected chi connectivity index (χ0v) is 70.3. The maximum atomic E-state index is 8.27. The zero-order chi connectivity index (χ0) is 69.8. The molecule has 16 heteroatoms. The van der Waals surface area contributed by atoms with Crippen molar-refractivity contribution >= 4 is 98.0 Å². The third-order valence-electron chi connectivity index (χ3n) is 21.5. The number of halogens is 4. The van der Waals surface area contributed by atoms with Crippen LogP contribution in [0.1, 0.15) is 249 Å². The smallest absolute Gasteiger partial charge is 0.460 e. The number of hydrogen-bond donors (Lipinski definition) is 0. The van der Waals surface area contributed by atoms with Gasteiger partial charge in [-0.2, -0.15) is 0 Å². The van der Waals surface area contributed by atoms with Crippen LogP contribution in [-0.2, 0) is 0 Å². The summed E-state index contributed by atoms with van der Waals surface area (Å²) < 4.78 is 70.2. The van der Waals surface area contributed by atoms with Crippen molar-refractivity contribution < 1.29 is 35.4 Å². The molecule has 0 amide bonds. The van der Waals surface area contributed by atoms with E-state index < -0.39 is 57.9 Å². The van der Waals surface area contributed by atoms with Crippen molar-refractivity contribution in [2.45, 2.75) is 230 Å². The summed E-state index contributed by atoms with van der Waals surface area (Å²) in [4.78, 5) is 0. The lowest BCUT2D eigenvalue weighted by Gasteiger charge is -2.43. The van der Waals surface area contributed by atoms with Gasteiger partial charge in [0.25, 0.3) is 0 Å². The molecule has 528 valence electrons. The van der Waals surface area contributed by atoms with Crippen LogP contribution in [0, 0.1) is 0 Å². The second-order valence-electron chi connectivity index (χ2n) is 28.9. The average molecular weight is 1670 g/mol. The summed E-state index contributed by atoms with van der Waals surface area (Å²) in [7, 11) is -13.2. The maximum absolute atomic E-state index is 8.27. The van der Waals surface area contributed by atoms with Crippen molar-refractivity contribution in [3.63, 3.8) is 0 Å². The minimum atomic E-state index is -3.31. The zero-order valence-electron chi connectivity index (χ0n) is 59.9. The first-order valence-corrected chi connectivity index (χ1v) is 50.0. The predicted octanol–water partition coefficient (Wildman–Crippen LogP) is 27.0. The second kappa shape index (κ2) is 32.1. The first-order valence-electron chi connectivity index (χ1n) is 37.9. The quantitative estimate of drug-likeness (QED) is 0.0449. The van der Waals surface area contributed by atoms with E-state index in [1.165, 1.54) is 0 Å². The van der Waals surface area contributed by atoms with Crippen molar-refractivity contribution in [1.29, 1.82) is 0 Å². The van der Waals surface area contributed by atoms with Gasteiger partial charge in [0.1, 0.15) is 46.0 Å². The van der Waals surface area contributed by atoms with E-state index in [0.717, 1.165) is 282 Å². The first kappa shape index (κ1) is 73.3. The van der Waals surface area contributed by atoms with E-state index in [0.29, 0.717) is 0 Å². The van der Waals surface area contributed by atoms with Crippen molar-refractivity contribution in [3.8, 4) is 46.0 Å². The van der Waals surface area contributed by atoms with Crippen LogP contribution in [0.5, 0.6) is 46.0 Å². The Kier molecular flexibility index (Phi) is 23.5. The standard InChI is InChI=1S/C84H100Br4O8Si4/c1-9-17-41-97(42-18-10-2)89-73-53-75-67-49-65(73)81(57-25-33-61(85)34-26-57)66-50-68-76(54-74(66)90-97)92-99(45-21-13-5,46-22-14-6)94-78-56-80-72(52-70(78)83(68)59-29-37-63(87)38-30-59)84(60-31-39-64(88)40-32-60)71-51-69(82(67)58-27-35-62(86)36-28-58)77(93-98(91-75,43-19-11-3)44-20-12-4)55-79(71)95-100(96-80,47-23-15-7)48-24-16-8/h25-40,49-56,81-84H,9-24,41-48H2,1-8H3. The van der Waals surface area contributed by atoms with Crippen LogP contribution in [-0.4, -0.2) is 34.2 Å². The van der Waals surface area contributed by atoms with E-state index in [9.17, 15) is 0 Å². The molecule has 0 saturated carbocycles. The summed E-state index contributed by atoms with van der Waals surface area (Å²) >= 11 is 15.7. The molecular weight excluding hydrogens is 1570 g/mol. The van der Waals surface area contributed by atoms with Crippen LogP contribution < -0.4 is 35.4 Å². The number of rotatable bonds is 28. The molecule has 0 N–H and O–H groups in total. The molecule has 4 heterocycles. The second-order valence-corrected chi connectivity index (χ2v) is 45.5. The third-order valence-corrected chi connectivity index (χ3v) is 37.3. The molecule has 13 rings (SSSR count). The molecule has 0 radical (unpaired) electrons. The molecule has 8 aromatic rings. The van der Waals surface area contributed by atoms with Gasteiger partial charge >= 0.3 is 34.2 Å². The van der Waals surface area contributed by atoms with Gasteiger partial charge < -0.3 is 35.4 Å². The maximum Gasteiger partial charge on any atom is 0.460 e. The van der Waals surface area contributed by atoms with E-state index in [4.69, 9.17) is 35.4 Å². The molecule has 8 nitrogen and oxygen atoms in total. The molecule has 8 aromatic carbocycles. The predicted molar refractivity (Wildman–Crippen MR) is 432 cm³/mol. The van der Waals surface area contributed by atoms with Gasteiger partial charge in [-0.25, -0.2) is 0 Å². The fourth-order valence-corrected chi connectivity index (χ4v) is 31.8. The highest BCUT2D eigenvalue weighted by molar-refractivity contribution is 9.11. The normalized spacial score (nSPS) is 18.9. The van der Waals surface area contributed by atoms with Crippen LogP contribution in [0.25, 0.3) is 0 Å². The van der Waals surface area contributed by atoms with E-state index in [2.05, 4.69) is 265 Å². The summed E-state index contributed by atoms with van der Waals surface area (Å²) in [6, 6.07) is 62.1.